The molecule has 0 spiro atoms. The van der Waals surface area contributed by atoms with Crippen molar-refractivity contribution in [3.63, 3.8) is 0 Å². The van der Waals surface area contributed by atoms with Gasteiger partial charge in [-0.05, 0) is 37.3 Å². The number of nitrogens with two attached hydrogens (primary N) is 1. The molecule has 0 radical (unpaired) electrons. The lowest BCUT2D eigenvalue weighted by Crippen LogP contribution is -2.17. The highest BCUT2D eigenvalue weighted by Crippen LogP contribution is 2.47. The molecule has 1 aromatic carbocycles. The Morgan fingerprint density at radius 3 is 2.86 bits per heavy atom. The fourth-order valence-electron chi connectivity index (χ4n) is 1.50. The van der Waals surface area contributed by atoms with Crippen LogP contribution in [-0.2, 0) is 0 Å². The molecule has 14 heavy (non-hydrogen) atoms. The van der Waals surface area contributed by atoms with Gasteiger partial charge in [0.1, 0.15) is 0 Å². The maximum Gasteiger partial charge on any atom is 0.0361 e. The highest BCUT2D eigenvalue weighted by molar-refractivity contribution is 8.00. The number of thioether (sulfide) groups is 1. The molecule has 0 atom stereocenters. The monoisotopic (exact) mass is 208 g/mol. The van der Waals surface area contributed by atoms with Crippen molar-refractivity contribution in [2.24, 2.45) is 0 Å². The summed E-state index contributed by atoms with van der Waals surface area (Å²) in [5.41, 5.74) is 7.65. The van der Waals surface area contributed by atoms with Gasteiger partial charge in [0.15, 0.2) is 0 Å². The molecular formula is C11H16N2S. The minimum Gasteiger partial charge on any atom is -0.399 e. The molecule has 0 bridgehead atoms. The molecule has 3 heteroatoms. The molecule has 0 unspecified atom stereocenters. The fraction of sp³-hybridized carbons (Fsp3) is 0.455. The first kappa shape index (κ1) is 9.71. The number of hydrogen-bond donors (Lipinski definition) is 2. The average Bonchev–Trinajstić information content (AvgIpc) is 2.96. The van der Waals surface area contributed by atoms with Gasteiger partial charge >= 0.3 is 0 Å². The van der Waals surface area contributed by atoms with Crippen LogP contribution in [0.3, 0.4) is 0 Å². The van der Waals surface area contributed by atoms with E-state index in [0.29, 0.717) is 4.75 Å². The average molecular weight is 208 g/mol. The predicted octanol–water partition coefficient (Wildman–Crippen LogP) is 2.58. The van der Waals surface area contributed by atoms with E-state index in [9.17, 15) is 0 Å². The number of rotatable bonds is 4. The lowest BCUT2D eigenvalue weighted by molar-refractivity contribution is 0.949. The van der Waals surface area contributed by atoms with Crippen molar-refractivity contribution < 1.29 is 0 Å². The number of anilines is 2. The summed E-state index contributed by atoms with van der Waals surface area (Å²) >= 11 is 1.97. The first-order valence-corrected chi connectivity index (χ1v) is 6.11. The molecule has 1 aliphatic rings. The third-order valence-corrected chi connectivity index (χ3v) is 4.16. The van der Waals surface area contributed by atoms with Crippen LogP contribution in [0.2, 0.25) is 0 Å². The van der Waals surface area contributed by atoms with E-state index in [1.165, 1.54) is 12.8 Å². The summed E-state index contributed by atoms with van der Waals surface area (Å²) in [5.74, 6) is 0. The second-order valence-corrected chi connectivity index (χ2v) is 5.14. The molecule has 1 saturated carbocycles. The van der Waals surface area contributed by atoms with Crippen molar-refractivity contribution in [3.05, 3.63) is 24.3 Å². The van der Waals surface area contributed by atoms with Crippen molar-refractivity contribution in [1.29, 1.82) is 0 Å². The summed E-state index contributed by atoms with van der Waals surface area (Å²) in [5, 5.41) is 3.44. The lowest BCUT2D eigenvalue weighted by Gasteiger charge is -2.14. The van der Waals surface area contributed by atoms with Crippen molar-refractivity contribution in [2.75, 3.05) is 23.9 Å². The second-order valence-electron chi connectivity index (χ2n) is 3.87. The highest BCUT2D eigenvalue weighted by Gasteiger charge is 2.41. The van der Waals surface area contributed by atoms with Crippen molar-refractivity contribution in [3.8, 4) is 0 Å². The van der Waals surface area contributed by atoms with Crippen LogP contribution in [0.1, 0.15) is 12.8 Å². The Hall–Kier alpha value is -0.830. The Morgan fingerprint density at radius 2 is 2.29 bits per heavy atom. The van der Waals surface area contributed by atoms with Crippen LogP contribution in [0.5, 0.6) is 0 Å². The molecule has 2 rings (SSSR count). The quantitative estimate of drug-likeness (QED) is 0.747. The van der Waals surface area contributed by atoms with E-state index in [1.54, 1.807) is 0 Å². The van der Waals surface area contributed by atoms with Gasteiger partial charge in [0.25, 0.3) is 0 Å². The number of benzene rings is 1. The summed E-state index contributed by atoms with van der Waals surface area (Å²) in [4.78, 5) is 0. The molecule has 0 aliphatic heterocycles. The molecule has 1 fully saturated rings. The van der Waals surface area contributed by atoms with Gasteiger partial charge in [0, 0.05) is 22.7 Å². The van der Waals surface area contributed by atoms with Crippen LogP contribution in [0, 0.1) is 0 Å². The normalized spacial score (nSPS) is 17.8. The number of nitrogen functional groups attached to an aromatic ring is 1. The van der Waals surface area contributed by atoms with Gasteiger partial charge in [0.05, 0.1) is 0 Å². The van der Waals surface area contributed by atoms with Crippen LogP contribution in [0.15, 0.2) is 24.3 Å². The zero-order valence-electron chi connectivity index (χ0n) is 8.42. The van der Waals surface area contributed by atoms with E-state index in [2.05, 4.69) is 17.6 Å². The third kappa shape index (κ3) is 2.15. The zero-order chi connectivity index (χ0) is 10.0. The summed E-state index contributed by atoms with van der Waals surface area (Å²) in [7, 11) is 0. The molecule has 0 saturated heterocycles. The molecule has 1 aromatic rings. The Labute approximate surface area is 89.3 Å². The third-order valence-electron chi connectivity index (χ3n) is 2.74. The van der Waals surface area contributed by atoms with Gasteiger partial charge in [-0.15, -0.1) is 0 Å². The number of nitrogens with one attached hydrogen (secondary N) is 1. The van der Waals surface area contributed by atoms with Crippen molar-refractivity contribution in [2.45, 2.75) is 17.6 Å². The van der Waals surface area contributed by atoms with Gasteiger partial charge in [-0.25, -0.2) is 0 Å². The van der Waals surface area contributed by atoms with Crippen LogP contribution < -0.4 is 11.1 Å². The molecular weight excluding hydrogens is 192 g/mol. The smallest absolute Gasteiger partial charge is 0.0361 e. The Balaban J connectivity index is 1.92. The summed E-state index contributed by atoms with van der Waals surface area (Å²) in [6.45, 7) is 1.05. The van der Waals surface area contributed by atoms with Gasteiger partial charge in [-0.3, -0.25) is 0 Å². The van der Waals surface area contributed by atoms with E-state index in [0.717, 1.165) is 17.9 Å². The largest absolute Gasteiger partial charge is 0.399 e. The maximum absolute atomic E-state index is 5.70. The van der Waals surface area contributed by atoms with E-state index in [1.807, 2.05) is 30.0 Å². The molecule has 0 amide bonds. The molecule has 1 aliphatic carbocycles. The minimum absolute atomic E-state index is 0.505. The Kier molecular flexibility index (Phi) is 2.59. The summed E-state index contributed by atoms with van der Waals surface area (Å²) in [6.07, 6.45) is 4.86. The molecule has 3 N–H and O–H groups in total. The topological polar surface area (TPSA) is 38.0 Å². The Bertz CT molecular complexity index is 321. The fourth-order valence-corrected chi connectivity index (χ4v) is 2.23. The first-order chi connectivity index (χ1) is 6.74. The number of hydrogen-bond acceptors (Lipinski definition) is 3. The van der Waals surface area contributed by atoms with E-state index >= 15 is 0 Å². The van der Waals surface area contributed by atoms with Crippen LogP contribution >= 0.6 is 11.8 Å². The van der Waals surface area contributed by atoms with Crippen LogP contribution in [0.4, 0.5) is 11.4 Å². The minimum atomic E-state index is 0.505. The Morgan fingerprint density at radius 1 is 1.50 bits per heavy atom. The van der Waals surface area contributed by atoms with Crippen LogP contribution in [-0.4, -0.2) is 17.5 Å². The van der Waals surface area contributed by atoms with Gasteiger partial charge in [-0.2, -0.15) is 11.8 Å². The van der Waals surface area contributed by atoms with E-state index in [-0.39, 0.29) is 0 Å². The van der Waals surface area contributed by atoms with E-state index in [4.69, 9.17) is 5.73 Å². The second kappa shape index (κ2) is 3.73. The zero-order valence-corrected chi connectivity index (χ0v) is 9.23. The molecule has 76 valence electrons. The van der Waals surface area contributed by atoms with E-state index < -0.39 is 0 Å². The van der Waals surface area contributed by atoms with Gasteiger partial charge in [-0.1, -0.05) is 6.07 Å². The lowest BCUT2D eigenvalue weighted by atomic mass is 10.2. The molecule has 0 heterocycles. The SMILES string of the molecule is CSC1(CNc2cccc(N)c2)CC1. The molecule has 0 aromatic heterocycles. The summed E-state index contributed by atoms with van der Waals surface area (Å²) < 4.78 is 0.505. The predicted molar refractivity (Wildman–Crippen MR) is 64.8 cm³/mol. The standard InChI is InChI=1S/C11H16N2S/c1-14-11(5-6-11)8-13-10-4-2-3-9(12)7-10/h2-4,7,13H,5-6,8,12H2,1H3. The summed E-state index contributed by atoms with van der Waals surface area (Å²) in [6, 6.07) is 7.94. The molecule has 2 nitrogen and oxygen atoms in total. The van der Waals surface area contributed by atoms with Crippen LogP contribution in [0.25, 0.3) is 0 Å². The van der Waals surface area contributed by atoms with Crippen molar-refractivity contribution in [1.82, 2.24) is 0 Å². The van der Waals surface area contributed by atoms with Gasteiger partial charge < -0.3 is 11.1 Å². The van der Waals surface area contributed by atoms with Crippen molar-refractivity contribution >= 4 is 23.1 Å². The highest BCUT2D eigenvalue weighted by atomic mass is 32.2. The van der Waals surface area contributed by atoms with Gasteiger partial charge in [0.2, 0.25) is 0 Å². The first-order valence-electron chi connectivity index (χ1n) is 4.89. The maximum atomic E-state index is 5.70.